The van der Waals surface area contributed by atoms with Gasteiger partial charge in [0.2, 0.25) is 11.8 Å². The van der Waals surface area contributed by atoms with Gasteiger partial charge in [-0.05, 0) is 92.3 Å². The second-order valence-corrected chi connectivity index (χ2v) is 13.8. The Labute approximate surface area is 289 Å². The van der Waals surface area contributed by atoms with Crippen LogP contribution in [0.1, 0.15) is 52.7 Å². The summed E-state index contributed by atoms with van der Waals surface area (Å²) in [5, 5.41) is 11.9. The Bertz CT molecular complexity index is 2110. The summed E-state index contributed by atoms with van der Waals surface area (Å²) in [6, 6.07) is 29.9. The summed E-state index contributed by atoms with van der Waals surface area (Å²) in [6.07, 6.45) is 2.44. The number of Topliss-reactive ketones (excluding diaryl/α,β-unsaturated/α-hetero) is 1. The van der Waals surface area contributed by atoms with E-state index in [1.165, 1.54) is 11.8 Å². The van der Waals surface area contributed by atoms with Crippen LogP contribution < -0.4 is 10.3 Å². The number of carbonyl (C=O) groups excluding carboxylic acids is 5. The zero-order valence-electron chi connectivity index (χ0n) is 27.6. The van der Waals surface area contributed by atoms with E-state index in [9.17, 15) is 24.3 Å². The van der Waals surface area contributed by atoms with E-state index in [0.29, 0.717) is 28.1 Å². The Morgan fingerprint density at radius 2 is 1.54 bits per heavy atom. The molecule has 6 atom stereocenters. The molecule has 4 aromatic carbocycles. The smallest absolute Gasteiger partial charge is 0.260 e. The molecular weight excluding hydrogens is 630 g/mol. The second kappa shape index (κ2) is 11.7. The number of nitrogens with one attached hydrogen (secondary N) is 1. The van der Waals surface area contributed by atoms with Crippen molar-refractivity contribution in [2.45, 2.75) is 38.0 Å². The minimum Gasteiger partial charge on any atom is -0.508 e. The third kappa shape index (κ3) is 4.56. The number of aryl methyl sites for hydroxylation is 1. The van der Waals surface area contributed by atoms with Crippen LogP contribution in [0.4, 0.5) is 11.4 Å². The average molecular weight is 666 g/mol. The number of hydrazine groups is 1. The molecule has 0 radical (unpaired) electrons. The van der Waals surface area contributed by atoms with Crippen LogP contribution in [0.5, 0.6) is 5.75 Å². The number of amides is 4. The van der Waals surface area contributed by atoms with Gasteiger partial charge in [0, 0.05) is 11.5 Å². The molecule has 9 heteroatoms. The van der Waals surface area contributed by atoms with Crippen LogP contribution in [0.15, 0.2) is 115 Å². The van der Waals surface area contributed by atoms with Crippen molar-refractivity contribution in [1.82, 2.24) is 5.01 Å². The van der Waals surface area contributed by atoms with Crippen molar-refractivity contribution in [2.24, 2.45) is 23.7 Å². The molecule has 2 N–H and O–H groups in total. The third-order valence-corrected chi connectivity index (χ3v) is 11.1. The lowest BCUT2D eigenvalue weighted by molar-refractivity contribution is -0.138. The fourth-order valence-electron chi connectivity index (χ4n) is 8.93. The molecule has 4 aromatic rings. The molecule has 2 aliphatic heterocycles. The number of nitrogens with zero attached hydrogens (tertiary/aromatic N) is 2. The van der Waals surface area contributed by atoms with E-state index in [1.54, 1.807) is 42.5 Å². The zero-order valence-corrected chi connectivity index (χ0v) is 27.6. The predicted octanol–water partition coefficient (Wildman–Crippen LogP) is 6.09. The normalized spacial score (nSPS) is 27.1. The second-order valence-electron chi connectivity index (χ2n) is 13.8. The fourth-order valence-corrected chi connectivity index (χ4v) is 8.93. The van der Waals surface area contributed by atoms with Crippen LogP contribution in [-0.4, -0.2) is 39.5 Å². The monoisotopic (exact) mass is 665 g/mol. The number of hydrogen-bond acceptors (Lipinski definition) is 7. The Balaban J connectivity index is 1.28. The number of fused-ring (bicyclic) bond motifs is 4. The highest BCUT2D eigenvalue weighted by molar-refractivity contribution is 6.22. The van der Waals surface area contributed by atoms with Crippen molar-refractivity contribution >= 4 is 40.8 Å². The highest BCUT2D eigenvalue weighted by Crippen LogP contribution is 2.64. The van der Waals surface area contributed by atoms with E-state index in [-0.39, 0.29) is 36.2 Å². The van der Waals surface area contributed by atoms with Gasteiger partial charge in [0.1, 0.15) is 5.75 Å². The Hall–Kier alpha value is -5.83. The minimum atomic E-state index is -1.41. The predicted molar refractivity (Wildman–Crippen MR) is 186 cm³/mol. The number of ketones is 1. The number of hydrogen-bond donors (Lipinski definition) is 2. The summed E-state index contributed by atoms with van der Waals surface area (Å²) >= 11 is 0. The van der Waals surface area contributed by atoms with Gasteiger partial charge in [0.25, 0.3) is 11.8 Å². The number of rotatable bonds is 6. The molecule has 0 aromatic heterocycles. The van der Waals surface area contributed by atoms with E-state index < -0.39 is 46.8 Å². The van der Waals surface area contributed by atoms with Crippen molar-refractivity contribution < 1.29 is 29.1 Å². The molecule has 9 nitrogen and oxygen atoms in total. The molecule has 0 bridgehead atoms. The SMILES string of the molecule is CC(=O)c1ccc(N2C(=O)C3CC=C4C(CC5C(=O)N(Nc6ccc(C)cc6)C(=O)C5(c5ccccc5)C4c4cccc(O)c4)C3C2=O)cc1. The van der Waals surface area contributed by atoms with E-state index in [1.807, 2.05) is 73.7 Å². The lowest BCUT2D eigenvalue weighted by Gasteiger charge is -2.50. The van der Waals surface area contributed by atoms with Crippen molar-refractivity contribution in [3.8, 4) is 5.75 Å². The maximum atomic E-state index is 15.1. The molecule has 250 valence electrons. The van der Waals surface area contributed by atoms with Gasteiger partial charge in [-0.15, -0.1) is 0 Å². The van der Waals surface area contributed by atoms with Crippen LogP contribution >= 0.6 is 0 Å². The quantitative estimate of drug-likeness (QED) is 0.145. The van der Waals surface area contributed by atoms with Gasteiger partial charge < -0.3 is 5.11 Å². The number of phenols is 1. The van der Waals surface area contributed by atoms with Crippen molar-refractivity contribution in [3.63, 3.8) is 0 Å². The van der Waals surface area contributed by atoms with Crippen LogP contribution in [0, 0.1) is 30.6 Å². The molecular formula is C41H35N3O6. The van der Waals surface area contributed by atoms with E-state index in [0.717, 1.165) is 16.1 Å². The highest BCUT2D eigenvalue weighted by Gasteiger charge is 2.70. The molecule has 2 aliphatic carbocycles. The van der Waals surface area contributed by atoms with Crippen LogP contribution in [0.3, 0.4) is 0 Å². The first-order valence-corrected chi connectivity index (χ1v) is 16.9. The van der Waals surface area contributed by atoms with Crippen molar-refractivity contribution in [2.75, 3.05) is 10.3 Å². The van der Waals surface area contributed by atoms with Crippen LogP contribution in [-0.2, 0) is 24.6 Å². The van der Waals surface area contributed by atoms with Crippen LogP contribution in [0.25, 0.3) is 0 Å². The largest absolute Gasteiger partial charge is 0.508 e. The van der Waals surface area contributed by atoms with Crippen molar-refractivity contribution in [3.05, 3.63) is 137 Å². The maximum Gasteiger partial charge on any atom is 0.260 e. The topological polar surface area (TPSA) is 124 Å². The standard InChI is InChI=1S/C41H35N3O6/c1-23-11-15-28(16-12-23)42-44-38(48)34-22-33-31(19-20-32-35(33)39(49)43(37(32)47)29-17-13-25(14-18-29)24(2)45)36(26-7-6-10-30(46)21-26)41(34,40(44)50)27-8-4-3-5-9-27/h3-19,21,32-36,42,46H,20,22H2,1-2H3. The number of aromatic hydroxyl groups is 1. The molecule has 4 aliphatic rings. The molecule has 2 heterocycles. The van der Waals surface area contributed by atoms with Crippen LogP contribution in [0.2, 0.25) is 0 Å². The molecule has 50 heavy (non-hydrogen) atoms. The number of anilines is 2. The van der Waals surface area contributed by atoms with Gasteiger partial charge >= 0.3 is 0 Å². The van der Waals surface area contributed by atoms with E-state index >= 15 is 4.79 Å². The summed E-state index contributed by atoms with van der Waals surface area (Å²) in [4.78, 5) is 71.4. The summed E-state index contributed by atoms with van der Waals surface area (Å²) in [7, 11) is 0. The van der Waals surface area contributed by atoms with Gasteiger partial charge in [-0.25, -0.2) is 0 Å². The van der Waals surface area contributed by atoms with Gasteiger partial charge in [0.05, 0.1) is 34.5 Å². The van der Waals surface area contributed by atoms with Gasteiger partial charge in [-0.1, -0.05) is 71.8 Å². The van der Waals surface area contributed by atoms with Gasteiger partial charge in [0.15, 0.2) is 5.78 Å². The summed E-state index contributed by atoms with van der Waals surface area (Å²) in [5.74, 6) is -5.19. The zero-order chi connectivity index (χ0) is 34.9. The molecule has 8 rings (SSSR count). The highest BCUT2D eigenvalue weighted by atomic mass is 16.3. The first-order valence-electron chi connectivity index (χ1n) is 16.9. The lowest BCUT2D eigenvalue weighted by atomic mass is 9.49. The van der Waals surface area contributed by atoms with Gasteiger partial charge in [-0.2, -0.15) is 5.01 Å². The lowest BCUT2D eigenvalue weighted by Crippen LogP contribution is -2.53. The molecule has 6 unspecified atom stereocenters. The maximum absolute atomic E-state index is 15.1. The summed E-state index contributed by atoms with van der Waals surface area (Å²) in [5.41, 5.74) is 6.26. The Morgan fingerprint density at radius 1 is 0.820 bits per heavy atom. The Morgan fingerprint density at radius 3 is 2.22 bits per heavy atom. The molecule has 1 saturated carbocycles. The molecule has 2 saturated heterocycles. The van der Waals surface area contributed by atoms with E-state index in [2.05, 4.69) is 5.43 Å². The molecule has 4 amide bonds. The number of carbonyl (C=O) groups is 5. The summed E-state index contributed by atoms with van der Waals surface area (Å²) in [6.45, 7) is 3.41. The minimum absolute atomic E-state index is 0.0115. The average Bonchev–Trinajstić information content (AvgIpc) is 3.50. The fraction of sp³-hybridized carbons (Fsp3) is 0.244. The number of allylic oxidation sites excluding steroid dienone is 2. The summed E-state index contributed by atoms with van der Waals surface area (Å²) < 4.78 is 0. The molecule has 0 spiro atoms. The molecule has 3 fully saturated rings. The first kappa shape index (κ1) is 31.4. The third-order valence-electron chi connectivity index (χ3n) is 11.1. The van der Waals surface area contributed by atoms with E-state index in [4.69, 9.17) is 0 Å². The number of phenolic OH excluding ortho intramolecular Hbond substituents is 1. The Kier molecular flexibility index (Phi) is 7.33. The van der Waals surface area contributed by atoms with Gasteiger partial charge in [-0.3, -0.25) is 34.3 Å². The number of imide groups is 2. The number of benzene rings is 4. The first-order chi connectivity index (χ1) is 24.1. The van der Waals surface area contributed by atoms with Crippen molar-refractivity contribution in [1.29, 1.82) is 0 Å².